The number of carboxylic acids is 2. The molecule has 0 aliphatic rings. The number of aromatic nitrogens is 1. The molecule has 0 spiro atoms. The Morgan fingerprint density at radius 2 is 1.58 bits per heavy atom. The van der Waals surface area contributed by atoms with E-state index in [0.29, 0.717) is 6.54 Å². The summed E-state index contributed by atoms with van der Waals surface area (Å²) in [5.74, 6) is -2.86. The number of fused-ring (bicyclic) bond motifs is 1. The Balaban J connectivity index is 1.71. The summed E-state index contributed by atoms with van der Waals surface area (Å²) in [6.45, 7) is 0.448. The van der Waals surface area contributed by atoms with Gasteiger partial charge in [0.25, 0.3) is 0 Å². The lowest BCUT2D eigenvalue weighted by Gasteiger charge is -2.09. The Morgan fingerprint density at radius 1 is 0.923 bits per heavy atom. The number of carbonyl (C=O) groups is 3. The van der Waals surface area contributed by atoms with Gasteiger partial charge in [-0.3, -0.25) is 4.79 Å². The van der Waals surface area contributed by atoms with Crippen molar-refractivity contribution in [2.75, 3.05) is 5.32 Å². The summed E-state index contributed by atoms with van der Waals surface area (Å²) in [5.41, 5.74) is 0.763. The zero-order valence-corrected chi connectivity index (χ0v) is 13.7. The first kappa shape index (κ1) is 17.2. The van der Waals surface area contributed by atoms with Crippen molar-refractivity contribution in [2.45, 2.75) is 13.0 Å². The summed E-state index contributed by atoms with van der Waals surface area (Å²) in [4.78, 5) is 34.4. The molecule has 132 valence electrons. The number of hydrogen-bond donors (Lipinski definition) is 3. The summed E-state index contributed by atoms with van der Waals surface area (Å²) in [6, 6.07) is 13.3. The lowest BCUT2D eigenvalue weighted by molar-refractivity contribution is -0.116. The third-order valence-corrected chi connectivity index (χ3v) is 3.97. The van der Waals surface area contributed by atoms with E-state index >= 15 is 0 Å². The predicted molar refractivity (Wildman–Crippen MR) is 95.5 cm³/mol. The number of rotatable bonds is 6. The maximum atomic E-state index is 12.2. The molecule has 0 unspecified atom stereocenters. The van der Waals surface area contributed by atoms with Crippen LogP contribution in [0.1, 0.15) is 27.1 Å². The van der Waals surface area contributed by atoms with Gasteiger partial charge in [-0.2, -0.15) is 0 Å². The number of anilines is 1. The molecule has 26 heavy (non-hydrogen) atoms. The van der Waals surface area contributed by atoms with Crippen LogP contribution in [-0.4, -0.2) is 32.6 Å². The fraction of sp³-hybridized carbons (Fsp3) is 0.105. The van der Waals surface area contributed by atoms with E-state index in [-0.39, 0.29) is 29.1 Å². The molecule has 0 saturated carbocycles. The molecule has 0 fully saturated rings. The average Bonchev–Trinajstić information content (AvgIpc) is 3.03. The van der Waals surface area contributed by atoms with Crippen molar-refractivity contribution in [1.82, 2.24) is 4.57 Å². The van der Waals surface area contributed by atoms with E-state index in [4.69, 9.17) is 10.2 Å². The van der Waals surface area contributed by atoms with Crippen molar-refractivity contribution >= 4 is 34.4 Å². The molecule has 3 rings (SSSR count). The third-order valence-electron chi connectivity index (χ3n) is 3.97. The SMILES string of the molecule is O=C(CCn1ccc2ccccc21)Nc1cc(C(=O)O)cc(C(=O)O)c1. The summed E-state index contributed by atoms with van der Waals surface area (Å²) < 4.78 is 1.95. The van der Waals surface area contributed by atoms with Crippen molar-refractivity contribution in [3.63, 3.8) is 0 Å². The molecule has 0 bridgehead atoms. The molecule has 0 aliphatic carbocycles. The minimum Gasteiger partial charge on any atom is -0.478 e. The Kier molecular flexibility index (Phi) is 4.70. The molecular formula is C19H16N2O5. The standard InChI is InChI=1S/C19H16N2O5/c22-17(6-8-21-7-5-12-3-1-2-4-16(12)21)20-15-10-13(18(23)24)9-14(11-15)19(25)26/h1-5,7,9-11H,6,8H2,(H,20,22)(H,23,24)(H,25,26). The summed E-state index contributed by atoms with van der Waals surface area (Å²) in [6.07, 6.45) is 2.06. The van der Waals surface area contributed by atoms with Crippen LogP contribution in [0.5, 0.6) is 0 Å². The van der Waals surface area contributed by atoms with Gasteiger partial charge in [0.2, 0.25) is 5.91 Å². The van der Waals surface area contributed by atoms with Crippen molar-refractivity contribution in [2.24, 2.45) is 0 Å². The fourth-order valence-corrected chi connectivity index (χ4v) is 2.73. The maximum Gasteiger partial charge on any atom is 0.335 e. The number of nitrogens with zero attached hydrogens (tertiary/aromatic N) is 1. The average molecular weight is 352 g/mol. The zero-order valence-electron chi connectivity index (χ0n) is 13.7. The molecule has 3 aromatic rings. The van der Waals surface area contributed by atoms with Crippen LogP contribution in [0.3, 0.4) is 0 Å². The van der Waals surface area contributed by atoms with Crippen LogP contribution < -0.4 is 5.32 Å². The van der Waals surface area contributed by atoms with Crippen molar-refractivity contribution < 1.29 is 24.6 Å². The van der Waals surface area contributed by atoms with Gasteiger partial charge in [-0.25, -0.2) is 9.59 Å². The number of carboxylic acid groups (broad SMARTS) is 2. The quantitative estimate of drug-likeness (QED) is 0.632. The third kappa shape index (κ3) is 3.72. The lowest BCUT2D eigenvalue weighted by atomic mass is 10.1. The van der Waals surface area contributed by atoms with Gasteiger partial charge in [-0.05, 0) is 35.7 Å². The van der Waals surface area contributed by atoms with Crippen LogP contribution in [0.15, 0.2) is 54.7 Å². The summed E-state index contributed by atoms with van der Waals surface area (Å²) in [7, 11) is 0. The van der Waals surface area contributed by atoms with Crippen molar-refractivity contribution in [3.05, 3.63) is 65.9 Å². The highest BCUT2D eigenvalue weighted by Gasteiger charge is 2.13. The first-order valence-corrected chi connectivity index (χ1v) is 7.89. The molecule has 3 N–H and O–H groups in total. The van der Waals surface area contributed by atoms with Crippen LogP contribution in [0, 0.1) is 0 Å². The molecule has 7 heteroatoms. The van der Waals surface area contributed by atoms with Gasteiger partial charge in [0.05, 0.1) is 11.1 Å². The Hall–Kier alpha value is -3.61. The molecule has 0 atom stereocenters. The minimum absolute atomic E-state index is 0.143. The van der Waals surface area contributed by atoms with Crippen LogP contribution in [0.2, 0.25) is 0 Å². The van der Waals surface area contributed by atoms with Crippen molar-refractivity contribution in [1.29, 1.82) is 0 Å². The highest BCUT2D eigenvalue weighted by atomic mass is 16.4. The molecule has 1 heterocycles. The van der Waals surface area contributed by atoms with Crippen molar-refractivity contribution in [3.8, 4) is 0 Å². The van der Waals surface area contributed by atoms with Gasteiger partial charge in [0.1, 0.15) is 0 Å². The van der Waals surface area contributed by atoms with E-state index in [1.165, 1.54) is 12.1 Å². The Morgan fingerprint density at radius 3 is 2.23 bits per heavy atom. The number of benzene rings is 2. The number of aryl methyl sites for hydroxylation is 1. The molecular weight excluding hydrogens is 336 g/mol. The number of nitrogens with one attached hydrogen (secondary N) is 1. The Labute approximate surface area is 148 Å². The minimum atomic E-state index is -1.26. The topological polar surface area (TPSA) is 109 Å². The maximum absolute atomic E-state index is 12.2. The van der Waals surface area contributed by atoms with Gasteiger partial charge in [-0.1, -0.05) is 18.2 Å². The second-order valence-corrected chi connectivity index (χ2v) is 5.78. The molecule has 0 aliphatic heterocycles. The number of aromatic carboxylic acids is 2. The van der Waals surface area contributed by atoms with E-state index in [0.717, 1.165) is 17.0 Å². The smallest absolute Gasteiger partial charge is 0.335 e. The number of amides is 1. The van der Waals surface area contributed by atoms with E-state index < -0.39 is 11.9 Å². The lowest BCUT2D eigenvalue weighted by Crippen LogP contribution is -2.15. The first-order valence-electron chi connectivity index (χ1n) is 7.89. The molecule has 1 aromatic heterocycles. The normalized spacial score (nSPS) is 10.6. The molecule has 2 aromatic carbocycles. The van der Waals surface area contributed by atoms with Gasteiger partial charge < -0.3 is 20.1 Å². The molecule has 7 nitrogen and oxygen atoms in total. The highest BCUT2D eigenvalue weighted by molar-refractivity contribution is 5.98. The first-order chi connectivity index (χ1) is 12.4. The second-order valence-electron chi connectivity index (χ2n) is 5.78. The van der Waals surface area contributed by atoms with Crippen LogP contribution in [-0.2, 0) is 11.3 Å². The van der Waals surface area contributed by atoms with Crippen LogP contribution in [0.4, 0.5) is 5.69 Å². The van der Waals surface area contributed by atoms with Gasteiger partial charge in [0, 0.05) is 30.4 Å². The summed E-state index contributed by atoms with van der Waals surface area (Å²) >= 11 is 0. The summed E-state index contributed by atoms with van der Waals surface area (Å²) in [5, 5.41) is 21.8. The predicted octanol–water partition coefficient (Wildman–Crippen LogP) is 3.07. The molecule has 1 amide bonds. The van der Waals surface area contributed by atoms with E-state index in [1.807, 2.05) is 41.1 Å². The van der Waals surface area contributed by atoms with E-state index in [2.05, 4.69) is 5.32 Å². The Bertz CT molecular complexity index is 974. The number of para-hydroxylation sites is 1. The molecule has 0 radical (unpaired) electrons. The fourth-order valence-electron chi connectivity index (χ4n) is 2.73. The number of hydrogen-bond acceptors (Lipinski definition) is 3. The van der Waals surface area contributed by atoms with Crippen LogP contribution >= 0.6 is 0 Å². The van der Waals surface area contributed by atoms with Crippen LogP contribution in [0.25, 0.3) is 10.9 Å². The van der Waals surface area contributed by atoms with Gasteiger partial charge in [0.15, 0.2) is 0 Å². The molecule has 0 saturated heterocycles. The zero-order chi connectivity index (χ0) is 18.7. The monoisotopic (exact) mass is 352 g/mol. The van der Waals surface area contributed by atoms with E-state index in [9.17, 15) is 14.4 Å². The highest BCUT2D eigenvalue weighted by Crippen LogP contribution is 2.17. The van der Waals surface area contributed by atoms with Gasteiger partial charge >= 0.3 is 11.9 Å². The largest absolute Gasteiger partial charge is 0.478 e. The number of carbonyl (C=O) groups excluding carboxylic acids is 1. The second kappa shape index (κ2) is 7.10. The van der Waals surface area contributed by atoms with Gasteiger partial charge in [-0.15, -0.1) is 0 Å². The van der Waals surface area contributed by atoms with E-state index in [1.54, 1.807) is 0 Å².